The van der Waals surface area contributed by atoms with E-state index in [1.54, 1.807) is 24.3 Å². The highest BCUT2D eigenvalue weighted by molar-refractivity contribution is 6.36. The lowest BCUT2D eigenvalue weighted by molar-refractivity contribution is -0.141. The molecule has 1 heterocycles. The minimum absolute atomic E-state index is 0.135. The van der Waals surface area contributed by atoms with Gasteiger partial charge in [0.15, 0.2) is 6.10 Å². The summed E-state index contributed by atoms with van der Waals surface area (Å²) in [5.74, 6) is -2.36. The Morgan fingerprint density at radius 2 is 1.55 bits per heavy atom. The van der Waals surface area contributed by atoms with Crippen LogP contribution in [0.5, 0.6) is 0 Å². The maximum atomic E-state index is 13.6. The summed E-state index contributed by atoms with van der Waals surface area (Å²) >= 11 is 18.6. The quantitative estimate of drug-likeness (QED) is 0.464. The van der Waals surface area contributed by atoms with Crippen molar-refractivity contribution < 1.29 is 18.7 Å². The first-order chi connectivity index (χ1) is 15.7. The highest BCUT2D eigenvalue weighted by atomic mass is 35.5. The number of piperazine rings is 1. The third kappa shape index (κ3) is 5.25. The van der Waals surface area contributed by atoms with Crippen molar-refractivity contribution in [2.24, 2.45) is 0 Å². The van der Waals surface area contributed by atoms with E-state index in [0.29, 0.717) is 27.7 Å². The molecule has 3 aromatic rings. The molecule has 1 fully saturated rings. The molecule has 4 rings (SSSR count). The number of rotatable bonds is 4. The molecular weight excluding hydrogens is 493 g/mol. The van der Waals surface area contributed by atoms with E-state index in [4.69, 9.17) is 34.8 Å². The summed E-state index contributed by atoms with van der Waals surface area (Å²) < 4.78 is 27.2. The van der Waals surface area contributed by atoms with E-state index in [2.05, 4.69) is 4.90 Å². The van der Waals surface area contributed by atoms with Crippen molar-refractivity contribution in [1.29, 1.82) is 0 Å². The predicted molar refractivity (Wildman–Crippen MR) is 126 cm³/mol. The van der Waals surface area contributed by atoms with Crippen molar-refractivity contribution >= 4 is 46.4 Å². The SMILES string of the molecule is O=C(C(O)c1cc(F)cc(F)c1)N1CCN(c2ccc(Cl)cc2Cl)[C@H](c2ccc(Cl)cc2)C1. The summed E-state index contributed by atoms with van der Waals surface area (Å²) in [6.45, 7) is 0.898. The lowest BCUT2D eigenvalue weighted by Gasteiger charge is -2.44. The van der Waals surface area contributed by atoms with E-state index in [1.807, 2.05) is 18.2 Å². The van der Waals surface area contributed by atoms with Crippen molar-refractivity contribution in [1.82, 2.24) is 4.90 Å². The van der Waals surface area contributed by atoms with E-state index in [1.165, 1.54) is 4.90 Å². The van der Waals surface area contributed by atoms with Crippen molar-refractivity contribution in [3.63, 3.8) is 0 Å². The fourth-order valence-electron chi connectivity index (χ4n) is 4.00. The third-order valence-corrected chi connectivity index (χ3v) is 6.39. The van der Waals surface area contributed by atoms with Crippen LogP contribution in [0.25, 0.3) is 0 Å². The van der Waals surface area contributed by atoms with Crippen LogP contribution in [0.4, 0.5) is 14.5 Å². The van der Waals surface area contributed by atoms with Crippen LogP contribution in [0.1, 0.15) is 23.3 Å². The van der Waals surface area contributed by atoms with Gasteiger partial charge in [-0.2, -0.15) is 0 Å². The lowest BCUT2D eigenvalue weighted by atomic mass is 10.00. The Bertz CT molecular complexity index is 1160. The molecule has 172 valence electrons. The Kier molecular flexibility index (Phi) is 7.10. The first-order valence-corrected chi connectivity index (χ1v) is 11.3. The summed E-state index contributed by atoms with van der Waals surface area (Å²) in [6, 6.07) is 14.7. The molecule has 3 aromatic carbocycles. The average Bonchev–Trinajstić information content (AvgIpc) is 2.78. The minimum Gasteiger partial charge on any atom is -0.378 e. The zero-order valence-electron chi connectivity index (χ0n) is 17.2. The molecule has 1 saturated heterocycles. The Morgan fingerprint density at radius 1 is 0.909 bits per heavy atom. The van der Waals surface area contributed by atoms with Gasteiger partial charge in [-0.15, -0.1) is 0 Å². The molecule has 0 radical (unpaired) electrons. The summed E-state index contributed by atoms with van der Waals surface area (Å²) in [6.07, 6.45) is -1.69. The number of amides is 1. The Hall–Kier alpha value is -2.38. The summed E-state index contributed by atoms with van der Waals surface area (Å²) in [5, 5.41) is 12.1. The van der Waals surface area contributed by atoms with Gasteiger partial charge in [-0.1, -0.05) is 46.9 Å². The third-order valence-electron chi connectivity index (χ3n) is 5.60. The molecule has 0 aliphatic carbocycles. The second-order valence-corrected chi connectivity index (χ2v) is 9.03. The van der Waals surface area contributed by atoms with Crippen LogP contribution in [0.2, 0.25) is 15.1 Å². The van der Waals surface area contributed by atoms with Gasteiger partial charge in [-0.3, -0.25) is 4.79 Å². The predicted octanol–water partition coefficient (Wildman–Crippen LogP) is 6.05. The van der Waals surface area contributed by atoms with Crippen molar-refractivity contribution in [2.75, 3.05) is 24.5 Å². The van der Waals surface area contributed by atoms with Gasteiger partial charge in [0.2, 0.25) is 0 Å². The molecule has 1 unspecified atom stereocenters. The van der Waals surface area contributed by atoms with Crippen LogP contribution in [0.15, 0.2) is 60.7 Å². The van der Waals surface area contributed by atoms with Crippen LogP contribution in [0, 0.1) is 11.6 Å². The van der Waals surface area contributed by atoms with Crippen LogP contribution >= 0.6 is 34.8 Å². The maximum Gasteiger partial charge on any atom is 0.256 e. The van der Waals surface area contributed by atoms with Crippen LogP contribution in [-0.4, -0.2) is 35.5 Å². The molecule has 0 bridgehead atoms. The molecule has 1 aliphatic heterocycles. The summed E-state index contributed by atoms with van der Waals surface area (Å²) in [7, 11) is 0. The Morgan fingerprint density at radius 3 is 2.18 bits per heavy atom. The first kappa shape index (κ1) is 23.8. The summed E-state index contributed by atoms with van der Waals surface area (Å²) in [5.41, 5.74) is 1.50. The molecule has 0 spiro atoms. The second-order valence-electron chi connectivity index (χ2n) is 7.75. The fourth-order valence-corrected chi connectivity index (χ4v) is 4.65. The smallest absolute Gasteiger partial charge is 0.256 e. The van der Waals surface area contributed by atoms with E-state index in [-0.39, 0.29) is 24.7 Å². The number of carbonyl (C=O) groups excluding carboxylic acids is 1. The van der Waals surface area contributed by atoms with Crippen molar-refractivity contribution in [3.05, 3.63) is 98.5 Å². The molecule has 1 aliphatic rings. The Balaban J connectivity index is 1.64. The zero-order chi connectivity index (χ0) is 23.7. The highest BCUT2D eigenvalue weighted by Crippen LogP contribution is 2.37. The number of nitrogens with zero attached hydrogens (tertiary/aromatic N) is 2. The number of benzene rings is 3. The van der Waals surface area contributed by atoms with Crippen LogP contribution in [-0.2, 0) is 4.79 Å². The fraction of sp³-hybridized carbons (Fsp3) is 0.208. The van der Waals surface area contributed by atoms with Gasteiger partial charge in [0.1, 0.15) is 11.6 Å². The number of aliphatic hydroxyl groups excluding tert-OH is 1. The number of aliphatic hydroxyl groups is 1. The van der Waals surface area contributed by atoms with Gasteiger partial charge in [-0.05, 0) is 53.6 Å². The molecule has 33 heavy (non-hydrogen) atoms. The summed E-state index contributed by atoms with van der Waals surface area (Å²) in [4.78, 5) is 16.6. The number of anilines is 1. The maximum absolute atomic E-state index is 13.6. The topological polar surface area (TPSA) is 43.8 Å². The van der Waals surface area contributed by atoms with Gasteiger partial charge in [0.05, 0.1) is 16.8 Å². The number of halogens is 5. The normalized spacial score (nSPS) is 17.2. The van der Waals surface area contributed by atoms with E-state index >= 15 is 0 Å². The van der Waals surface area contributed by atoms with Gasteiger partial charge >= 0.3 is 0 Å². The van der Waals surface area contributed by atoms with Crippen LogP contribution < -0.4 is 4.90 Å². The molecule has 9 heteroatoms. The standard InChI is InChI=1S/C24H19Cl3F2N2O2/c25-16-3-1-14(2-4-16)22-13-30(7-8-31(22)21-6-5-17(26)11-20(21)27)24(33)23(32)15-9-18(28)12-19(29)10-15/h1-6,9-12,22-23,32H,7-8,13H2/t22-,23?/m0/s1. The zero-order valence-corrected chi connectivity index (χ0v) is 19.5. The minimum atomic E-state index is -1.69. The molecule has 1 amide bonds. The number of hydrogen-bond acceptors (Lipinski definition) is 3. The number of carbonyl (C=O) groups is 1. The van der Waals surface area contributed by atoms with E-state index in [9.17, 15) is 18.7 Å². The van der Waals surface area contributed by atoms with Gasteiger partial charge in [-0.25, -0.2) is 8.78 Å². The molecule has 1 N–H and O–H groups in total. The molecule has 0 saturated carbocycles. The van der Waals surface area contributed by atoms with Crippen LogP contribution in [0.3, 0.4) is 0 Å². The number of hydrogen-bond donors (Lipinski definition) is 1. The largest absolute Gasteiger partial charge is 0.378 e. The van der Waals surface area contributed by atoms with Crippen molar-refractivity contribution in [2.45, 2.75) is 12.1 Å². The van der Waals surface area contributed by atoms with Crippen molar-refractivity contribution in [3.8, 4) is 0 Å². The Labute approximate surface area is 204 Å². The molecule has 0 aromatic heterocycles. The monoisotopic (exact) mass is 510 g/mol. The highest BCUT2D eigenvalue weighted by Gasteiger charge is 2.34. The van der Waals surface area contributed by atoms with E-state index < -0.39 is 23.6 Å². The molecule has 4 nitrogen and oxygen atoms in total. The first-order valence-electron chi connectivity index (χ1n) is 10.1. The van der Waals surface area contributed by atoms with E-state index in [0.717, 1.165) is 23.4 Å². The average molecular weight is 512 g/mol. The second kappa shape index (κ2) is 9.85. The van der Waals surface area contributed by atoms with Gasteiger partial charge < -0.3 is 14.9 Å². The van der Waals surface area contributed by atoms with Gasteiger partial charge in [0.25, 0.3) is 5.91 Å². The lowest BCUT2D eigenvalue weighted by Crippen LogP contribution is -2.51. The molecule has 2 atom stereocenters. The molecular formula is C24H19Cl3F2N2O2. The van der Waals surface area contributed by atoms with Gasteiger partial charge in [0, 0.05) is 35.7 Å².